The SMILES string of the molecule is COc1ccc(OC)c(S(=O)(=O)NCCc2ccc(S(=O)(=O)N3CCOCC3)cc2)c1. The van der Waals surface area contributed by atoms with E-state index in [1.54, 1.807) is 30.3 Å². The first-order valence-corrected chi connectivity index (χ1v) is 12.6. The third-order valence-electron chi connectivity index (χ3n) is 4.90. The summed E-state index contributed by atoms with van der Waals surface area (Å²) >= 11 is 0. The Bertz CT molecular complexity index is 1090. The van der Waals surface area contributed by atoms with Crippen LogP contribution in [-0.2, 0) is 31.2 Å². The number of sulfonamides is 2. The molecule has 0 radical (unpaired) electrons. The highest BCUT2D eigenvalue weighted by Crippen LogP contribution is 2.28. The number of methoxy groups -OCH3 is 2. The number of benzene rings is 2. The van der Waals surface area contributed by atoms with Gasteiger partial charge in [0.15, 0.2) is 0 Å². The molecule has 31 heavy (non-hydrogen) atoms. The van der Waals surface area contributed by atoms with Crippen LogP contribution in [0.2, 0.25) is 0 Å². The topological polar surface area (TPSA) is 111 Å². The maximum atomic E-state index is 12.7. The van der Waals surface area contributed by atoms with Gasteiger partial charge in [0.25, 0.3) is 0 Å². The first kappa shape index (κ1) is 23.5. The van der Waals surface area contributed by atoms with E-state index in [4.69, 9.17) is 14.2 Å². The zero-order chi connectivity index (χ0) is 22.5. The number of hydrogen-bond acceptors (Lipinski definition) is 7. The largest absolute Gasteiger partial charge is 0.497 e. The van der Waals surface area contributed by atoms with Gasteiger partial charge in [0.1, 0.15) is 16.4 Å². The predicted molar refractivity (Wildman–Crippen MR) is 114 cm³/mol. The number of nitrogens with zero attached hydrogens (tertiary/aromatic N) is 1. The van der Waals surface area contributed by atoms with Crippen molar-refractivity contribution in [3.63, 3.8) is 0 Å². The number of morpholine rings is 1. The number of hydrogen-bond donors (Lipinski definition) is 1. The standard InChI is InChI=1S/C20H26N2O7S2/c1-27-17-5-8-19(28-2)20(15-17)30(23,24)21-10-9-16-3-6-18(7-4-16)31(25,26)22-11-13-29-14-12-22/h3-8,15,21H,9-14H2,1-2H3. The van der Waals surface area contributed by atoms with Crippen LogP contribution in [0.3, 0.4) is 0 Å². The zero-order valence-corrected chi connectivity index (χ0v) is 19.0. The summed E-state index contributed by atoms with van der Waals surface area (Å²) in [5.74, 6) is 0.615. The van der Waals surface area contributed by atoms with Crippen LogP contribution in [-0.4, -0.2) is 68.2 Å². The fraction of sp³-hybridized carbons (Fsp3) is 0.400. The van der Waals surface area contributed by atoms with Gasteiger partial charge in [-0.15, -0.1) is 0 Å². The van der Waals surface area contributed by atoms with Gasteiger partial charge in [0.05, 0.1) is 32.3 Å². The average molecular weight is 471 g/mol. The highest BCUT2D eigenvalue weighted by molar-refractivity contribution is 7.89. The summed E-state index contributed by atoms with van der Waals surface area (Å²) in [7, 11) is -4.53. The highest BCUT2D eigenvalue weighted by Gasteiger charge is 2.26. The number of nitrogens with one attached hydrogen (secondary N) is 1. The van der Waals surface area contributed by atoms with Crippen molar-refractivity contribution in [1.29, 1.82) is 0 Å². The lowest BCUT2D eigenvalue weighted by Crippen LogP contribution is -2.40. The molecule has 0 aliphatic carbocycles. The lowest BCUT2D eigenvalue weighted by Gasteiger charge is -2.26. The van der Waals surface area contributed by atoms with E-state index < -0.39 is 20.0 Å². The van der Waals surface area contributed by atoms with Gasteiger partial charge in [-0.25, -0.2) is 21.6 Å². The molecule has 0 bridgehead atoms. The minimum absolute atomic E-state index is 0.0127. The molecule has 0 amide bonds. The average Bonchev–Trinajstić information content (AvgIpc) is 2.79. The number of rotatable bonds is 9. The summed E-state index contributed by atoms with van der Waals surface area (Å²) in [6, 6.07) is 11.0. The molecule has 9 nitrogen and oxygen atoms in total. The Balaban J connectivity index is 1.64. The molecule has 11 heteroatoms. The van der Waals surface area contributed by atoms with Crippen LogP contribution in [0.1, 0.15) is 5.56 Å². The molecule has 2 aromatic carbocycles. The Labute approximate surface area is 183 Å². The van der Waals surface area contributed by atoms with Gasteiger partial charge in [-0.05, 0) is 36.2 Å². The van der Waals surface area contributed by atoms with Crippen LogP contribution >= 0.6 is 0 Å². The van der Waals surface area contributed by atoms with Gasteiger partial charge in [0.2, 0.25) is 20.0 Å². The van der Waals surface area contributed by atoms with Crippen molar-refractivity contribution in [3.05, 3.63) is 48.0 Å². The Morgan fingerprint density at radius 3 is 2.26 bits per heavy atom. The monoisotopic (exact) mass is 470 g/mol. The van der Waals surface area contributed by atoms with E-state index in [2.05, 4.69) is 4.72 Å². The maximum absolute atomic E-state index is 12.7. The Morgan fingerprint density at radius 2 is 1.65 bits per heavy atom. The fourth-order valence-electron chi connectivity index (χ4n) is 3.17. The van der Waals surface area contributed by atoms with Crippen molar-refractivity contribution in [1.82, 2.24) is 9.03 Å². The van der Waals surface area contributed by atoms with Gasteiger partial charge in [-0.2, -0.15) is 4.31 Å². The molecule has 0 spiro atoms. The Hall–Kier alpha value is -2.18. The molecule has 1 N–H and O–H groups in total. The van der Waals surface area contributed by atoms with Crippen molar-refractivity contribution < 1.29 is 31.0 Å². The summed E-state index contributed by atoms with van der Waals surface area (Å²) in [4.78, 5) is 0.196. The van der Waals surface area contributed by atoms with Gasteiger partial charge < -0.3 is 14.2 Å². The predicted octanol–water partition coefficient (Wildman–Crippen LogP) is 1.25. The highest BCUT2D eigenvalue weighted by atomic mass is 32.2. The first-order valence-electron chi connectivity index (χ1n) is 9.66. The van der Waals surface area contributed by atoms with E-state index in [9.17, 15) is 16.8 Å². The third-order valence-corrected chi connectivity index (χ3v) is 8.29. The maximum Gasteiger partial charge on any atom is 0.244 e. The fourth-order valence-corrected chi connectivity index (χ4v) is 5.79. The first-order chi connectivity index (χ1) is 14.8. The molecule has 3 rings (SSSR count). The lowest BCUT2D eigenvalue weighted by atomic mass is 10.2. The number of ether oxygens (including phenoxy) is 3. The minimum atomic E-state index is -3.82. The lowest BCUT2D eigenvalue weighted by molar-refractivity contribution is 0.0730. The van der Waals surface area contributed by atoms with Gasteiger partial charge in [-0.1, -0.05) is 12.1 Å². The van der Waals surface area contributed by atoms with Crippen LogP contribution in [0.15, 0.2) is 52.3 Å². The van der Waals surface area contributed by atoms with Gasteiger partial charge >= 0.3 is 0 Å². The molecule has 1 aliphatic heterocycles. The molecule has 1 heterocycles. The normalized spacial score (nSPS) is 15.5. The van der Waals surface area contributed by atoms with Crippen LogP contribution < -0.4 is 14.2 Å². The molecule has 2 aromatic rings. The van der Waals surface area contributed by atoms with Crippen molar-refractivity contribution in [2.45, 2.75) is 16.2 Å². The Kier molecular flexibility index (Phi) is 7.55. The molecule has 0 aromatic heterocycles. The summed E-state index contributed by atoms with van der Waals surface area (Å²) < 4.78 is 70.1. The van der Waals surface area contributed by atoms with Crippen molar-refractivity contribution in [2.24, 2.45) is 0 Å². The van der Waals surface area contributed by atoms with E-state index in [1.165, 1.54) is 30.7 Å². The molecule has 1 saturated heterocycles. The van der Waals surface area contributed by atoms with Crippen molar-refractivity contribution >= 4 is 20.0 Å². The van der Waals surface area contributed by atoms with Crippen LogP contribution in [0, 0.1) is 0 Å². The van der Waals surface area contributed by atoms with E-state index >= 15 is 0 Å². The molecule has 170 valence electrons. The minimum Gasteiger partial charge on any atom is -0.497 e. The zero-order valence-electron chi connectivity index (χ0n) is 17.4. The molecule has 0 atom stereocenters. The second-order valence-electron chi connectivity index (χ2n) is 6.82. The molecule has 0 saturated carbocycles. The van der Waals surface area contributed by atoms with Crippen LogP contribution in [0.4, 0.5) is 0 Å². The summed E-state index contributed by atoms with van der Waals surface area (Å²) in [5.41, 5.74) is 0.807. The van der Waals surface area contributed by atoms with E-state index in [-0.39, 0.29) is 22.1 Å². The molecule has 1 fully saturated rings. The van der Waals surface area contributed by atoms with Crippen LogP contribution in [0.5, 0.6) is 11.5 Å². The second-order valence-corrected chi connectivity index (χ2v) is 10.5. The Morgan fingerprint density at radius 1 is 0.968 bits per heavy atom. The molecular weight excluding hydrogens is 444 g/mol. The molecular formula is C20H26N2O7S2. The van der Waals surface area contributed by atoms with E-state index in [0.29, 0.717) is 38.5 Å². The molecule has 0 unspecified atom stereocenters. The van der Waals surface area contributed by atoms with Gasteiger partial charge in [0, 0.05) is 25.7 Å². The summed E-state index contributed by atoms with van der Waals surface area (Å²) in [6.07, 6.45) is 0.392. The summed E-state index contributed by atoms with van der Waals surface area (Å²) in [6.45, 7) is 1.57. The smallest absolute Gasteiger partial charge is 0.244 e. The van der Waals surface area contributed by atoms with Crippen LogP contribution in [0.25, 0.3) is 0 Å². The van der Waals surface area contributed by atoms with E-state index in [1.807, 2.05) is 0 Å². The quantitative estimate of drug-likeness (QED) is 0.587. The summed E-state index contributed by atoms with van der Waals surface area (Å²) in [5, 5.41) is 0. The van der Waals surface area contributed by atoms with Crippen molar-refractivity contribution in [3.8, 4) is 11.5 Å². The van der Waals surface area contributed by atoms with E-state index in [0.717, 1.165) is 5.56 Å². The molecule has 1 aliphatic rings. The third kappa shape index (κ3) is 5.55. The second kappa shape index (κ2) is 9.96. The van der Waals surface area contributed by atoms with Gasteiger partial charge in [-0.3, -0.25) is 0 Å². The van der Waals surface area contributed by atoms with Crippen molar-refractivity contribution in [2.75, 3.05) is 47.1 Å².